The van der Waals surface area contributed by atoms with E-state index in [0.717, 1.165) is 12.8 Å². The minimum atomic E-state index is -0.280. The number of nitrogens with zero attached hydrogens (tertiary/aromatic N) is 2. The molecule has 3 amide bonds. The van der Waals surface area contributed by atoms with E-state index < -0.39 is 0 Å². The topological polar surface area (TPSA) is 91.0 Å². The second-order valence-electron chi connectivity index (χ2n) is 10.0. The molecular formula is C26H39ClN4O4. The predicted octanol–water partition coefficient (Wildman–Crippen LogP) is 3.09. The van der Waals surface area contributed by atoms with Crippen LogP contribution in [0.3, 0.4) is 0 Å². The van der Waals surface area contributed by atoms with Gasteiger partial charge in [-0.1, -0.05) is 38.3 Å². The van der Waals surface area contributed by atoms with Crippen molar-refractivity contribution in [2.45, 2.75) is 64.5 Å². The first kappa shape index (κ1) is 27.3. The van der Waals surface area contributed by atoms with Crippen molar-refractivity contribution >= 4 is 29.3 Å². The summed E-state index contributed by atoms with van der Waals surface area (Å²) < 4.78 is 5.97. The van der Waals surface area contributed by atoms with E-state index in [4.69, 9.17) is 16.3 Å². The lowest BCUT2D eigenvalue weighted by molar-refractivity contribution is -0.137. The van der Waals surface area contributed by atoms with Gasteiger partial charge in [-0.25, -0.2) is 0 Å². The number of halogens is 1. The average Bonchev–Trinajstić information content (AvgIpc) is 3.35. The zero-order valence-electron chi connectivity index (χ0n) is 21.1. The molecule has 1 aliphatic heterocycles. The van der Waals surface area contributed by atoms with Crippen LogP contribution in [0, 0.1) is 5.92 Å². The van der Waals surface area contributed by atoms with Crippen LogP contribution >= 0.6 is 11.6 Å². The summed E-state index contributed by atoms with van der Waals surface area (Å²) >= 11 is 6.12. The van der Waals surface area contributed by atoms with Crippen molar-refractivity contribution in [3.8, 4) is 5.75 Å². The van der Waals surface area contributed by atoms with Crippen LogP contribution in [0.25, 0.3) is 0 Å². The number of carbonyl (C=O) groups is 3. The molecule has 8 nitrogen and oxygen atoms in total. The molecule has 1 aliphatic carbocycles. The van der Waals surface area contributed by atoms with Crippen LogP contribution in [0.15, 0.2) is 18.2 Å². The largest absolute Gasteiger partial charge is 0.491 e. The summed E-state index contributed by atoms with van der Waals surface area (Å²) in [6.07, 6.45) is 6.01. The molecule has 9 heteroatoms. The maximum atomic E-state index is 13.2. The third-order valence-electron chi connectivity index (χ3n) is 6.92. The van der Waals surface area contributed by atoms with Crippen molar-refractivity contribution in [3.05, 3.63) is 28.8 Å². The minimum Gasteiger partial charge on any atom is -0.491 e. The van der Waals surface area contributed by atoms with E-state index in [2.05, 4.69) is 15.5 Å². The van der Waals surface area contributed by atoms with Crippen LogP contribution in [0.4, 0.5) is 0 Å². The molecule has 1 atom stereocenters. The minimum absolute atomic E-state index is 0.0130. The van der Waals surface area contributed by atoms with E-state index >= 15 is 0 Å². The smallest absolute Gasteiger partial charge is 0.255 e. The summed E-state index contributed by atoms with van der Waals surface area (Å²) in [5.74, 6) is 0.0192. The van der Waals surface area contributed by atoms with E-state index in [1.165, 1.54) is 12.8 Å². The molecule has 2 aliphatic rings. The van der Waals surface area contributed by atoms with E-state index in [9.17, 15) is 14.4 Å². The quantitative estimate of drug-likeness (QED) is 0.655. The normalized spacial score (nSPS) is 21.1. The summed E-state index contributed by atoms with van der Waals surface area (Å²) in [6.45, 7) is 5.43. The number of hydrogen-bond donors (Lipinski definition) is 2. The van der Waals surface area contributed by atoms with E-state index in [0.29, 0.717) is 54.9 Å². The number of ether oxygens (including phenoxy) is 1. The maximum absolute atomic E-state index is 13.2. The van der Waals surface area contributed by atoms with Gasteiger partial charge in [0.25, 0.3) is 5.91 Å². The fourth-order valence-electron chi connectivity index (χ4n) is 4.62. The summed E-state index contributed by atoms with van der Waals surface area (Å²) in [6, 6.07) is 5.10. The number of carbonyl (C=O) groups excluding carboxylic acids is 3. The number of rotatable bonds is 4. The Bertz CT molecular complexity index is 888. The van der Waals surface area contributed by atoms with Crippen LogP contribution in [0.2, 0.25) is 5.02 Å². The first-order valence-electron chi connectivity index (χ1n) is 12.7. The van der Waals surface area contributed by atoms with Crippen molar-refractivity contribution in [2.24, 2.45) is 5.92 Å². The summed E-state index contributed by atoms with van der Waals surface area (Å²) in [7, 11) is 1.99. The Hall–Kier alpha value is -2.32. The lowest BCUT2D eigenvalue weighted by Gasteiger charge is -2.29. The number of nitrogens with one attached hydrogen (secondary N) is 2. The van der Waals surface area contributed by atoms with Gasteiger partial charge in [-0.05, 0) is 56.8 Å². The molecule has 1 saturated carbocycles. The van der Waals surface area contributed by atoms with Gasteiger partial charge in [-0.2, -0.15) is 0 Å². The first-order chi connectivity index (χ1) is 16.7. The van der Waals surface area contributed by atoms with E-state index in [-0.39, 0.29) is 42.8 Å². The molecule has 0 aromatic heterocycles. The number of fused-ring (bicyclic) bond motifs is 1. The zero-order valence-corrected chi connectivity index (χ0v) is 21.9. The molecule has 0 saturated heterocycles. The zero-order chi connectivity index (χ0) is 25.4. The first-order valence-corrected chi connectivity index (χ1v) is 13.1. The fraction of sp³-hybridized carbons (Fsp3) is 0.654. The van der Waals surface area contributed by atoms with Gasteiger partial charge in [-0.15, -0.1) is 0 Å². The fourth-order valence-corrected chi connectivity index (χ4v) is 4.79. The second kappa shape index (κ2) is 13.1. The number of likely N-dealkylation sites (N-methyl/N-ethyl adjacent to an activating group) is 1. The third-order valence-corrected chi connectivity index (χ3v) is 7.15. The summed E-state index contributed by atoms with van der Waals surface area (Å²) in [5.41, 5.74) is 0.368. The molecule has 1 aromatic carbocycles. The standard InChI is InChI=1S/C26H39ClN4O4/c1-18(2)22-17-35-23-11-10-19(27)14-21(23)26(34)28-12-6-7-13-31(15-24(32)29-22)25(33)16-30(3)20-8-4-5-9-20/h10-11,14,18,20,22H,4-9,12-13,15-17H2,1-3H3,(H,28,34)(H,29,32)/t22-/m1/s1. The molecule has 1 fully saturated rings. The molecule has 0 spiro atoms. The third kappa shape index (κ3) is 8.10. The van der Waals surface area contributed by atoms with Gasteiger partial charge in [0, 0.05) is 24.2 Å². The van der Waals surface area contributed by atoms with Crippen molar-refractivity contribution in [2.75, 3.05) is 39.8 Å². The number of hydrogen-bond acceptors (Lipinski definition) is 5. The summed E-state index contributed by atoms with van der Waals surface area (Å²) in [4.78, 5) is 42.7. The Morgan fingerprint density at radius 1 is 1.20 bits per heavy atom. The lowest BCUT2D eigenvalue weighted by Crippen LogP contribution is -2.50. The van der Waals surface area contributed by atoms with Gasteiger partial charge in [0.05, 0.1) is 24.7 Å². The van der Waals surface area contributed by atoms with Crippen LogP contribution in [-0.4, -0.2) is 79.4 Å². The molecule has 1 aromatic rings. The monoisotopic (exact) mass is 506 g/mol. The van der Waals surface area contributed by atoms with Crippen LogP contribution < -0.4 is 15.4 Å². The summed E-state index contributed by atoms with van der Waals surface area (Å²) in [5, 5.41) is 6.40. The van der Waals surface area contributed by atoms with Gasteiger partial charge in [0.15, 0.2) is 0 Å². The van der Waals surface area contributed by atoms with Crippen LogP contribution in [0.5, 0.6) is 5.75 Å². The molecule has 2 N–H and O–H groups in total. The lowest BCUT2D eigenvalue weighted by atomic mass is 10.1. The van der Waals surface area contributed by atoms with Gasteiger partial charge >= 0.3 is 0 Å². The van der Waals surface area contributed by atoms with Crippen molar-refractivity contribution < 1.29 is 19.1 Å². The highest BCUT2D eigenvalue weighted by Gasteiger charge is 2.26. The van der Waals surface area contributed by atoms with Gasteiger partial charge in [0.2, 0.25) is 11.8 Å². The highest BCUT2D eigenvalue weighted by molar-refractivity contribution is 6.31. The van der Waals surface area contributed by atoms with Crippen molar-refractivity contribution in [1.29, 1.82) is 0 Å². The van der Waals surface area contributed by atoms with Crippen molar-refractivity contribution in [3.63, 3.8) is 0 Å². The molecule has 0 radical (unpaired) electrons. The van der Waals surface area contributed by atoms with Gasteiger partial charge in [0.1, 0.15) is 12.4 Å². The Labute approximate surface area is 213 Å². The van der Waals surface area contributed by atoms with Crippen molar-refractivity contribution in [1.82, 2.24) is 20.4 Å². The van der Waals surface area contributed by atoms with E-state index in [1.54, 1.807) is 23.1 Å². The Morgan fingerprint density at radius 3 is 2.66 bits per heavy atom. The highest BCUT2D eigenvalue weighted by Crippen LogP contribution is 2.24. The van der Waals surface area contributed by atoms with Crippen LogP contribution in [-0.2, 0) is 9.59 Å². The highest BCUT2D eigenvalue weighted by atomic mass is 35.5. The maximum Gasteiger partial charge on any atom is 0.255 e. The van der Waals surface area contributed by atoms with Gasteiger partial charge in [-0.3, -0.25) is 19.3 Å². The van der Waals surface area contributed by atoms with E-state index in [1.807, 2.05) is 20.9 Å². The second-order valence-corrected chi connectivity index (χ2v) is 10.4. The Morgan fingerprint density at radius 2 is 1.94 bits per heavy atom. The molecule has 0 unspecified atom stereocenters. The number of benzene rings is 1. The Balaban J connectivity index is 1.72. The predicted molar refractivity (Wildman–Crippen MR) is 137 cm³/mol. The van der Waals surface area contributed by atoms with Crippen LogP contribution in [0.1, 0.15) is 62.7 Å². The Kier molecular flexibility index (Phi) is 10.2. The van der Waals surface area contributed by atoms with Gasteiger partial charge < -0.3 is 20.3 Å². The molecule has 3 rings (SSSR count). The molecule has 1 heterocycles. The molecule has 0 bridgehead atoms. The number of amides is 3. The SMILES string of the molecule is CC(C)[C@H]1COc2ccc(Cl)cc2C(=O)NCCCCN(C(=O)CN(C)C2CCCC2)CC(=O)N1. The molecule has 194 valence electrons. The average molecular weight is 507 g/mol. The molecular weight excluding hydrogens is 468 g/mol. The molecule has 35 heavy (non-hydrogen) atoms.